The summed E-state index contributed by atoms with van der Waals surface area (Å²) < 4.78 is 33.6. The Balaban J connectivity index is 2.93. The van der Waals surface area contributed by atoms with E-state index < -0.39 is 25.8 Å². The van der Waals surface area contributed by atoms with Gasteiger partial charge < -0.3 is 5.32 Å². The average Bonchev–Trinajstić information content (AvgIpc) is 2.35. The second-order valence-electron chi connectivity index (χ2n) is 4.40. The minimum Gasteiger partial charge on any atom is -0.352 e. The molecule has 0 aliphatic heterocycles. The standard InChI is InChI=1S/C12H15Cl2NO4S2/c1-8-10(12(16)15-4-3-5-20(2)17)6-9(7-11(8)13)21(14,18)19/h6-7H,3-5H2,1-2H3,(H,15,16). The molecule has 1 aromatic carbocycles. The summed E-state index contributed by atoms with van der Waals surface area (Å²) in [6, 6.07) is 2.40. The second kappa shape index (κ2) is 7.58. The van der Waals surface area contributed by atoms with E-state index in [0.29, 0.717) is 24.3 Å². The molecule has 9 heteroatoms. The zero-order valence-electron chi connectivity index (χ0n) is 11.5. The maximum Gasteiger partial charge on any atom is 0.261 e. The van der Waals surface area contributed by atoms with Crippen molar-refractivity contribution in [3.8, 4) is 0 Å². The third-order valence-corrected chi connectivity index (χ3v) is 5.33. The smallest absolute Gasteiger partial charge is 0.261 e. The Hall–Kier alpha value is -0.630. The van der Waals surface area contributed by atoms with Gasteiger partial charge in [0.05, 0.1) is 4.90 Å². The Labute approximate surface area is 135 Å². The summed E-state index contributed by atoms with van der Waals surface area (Å²) in [5, 5.41) is 2.78. The predicted molar refractivity (Wildman–Crippen MR) is 85.1 cm³/mol. The topological polar surface area (TPSA) is 80.3 Å². The van der Waals surface area contributed by atoms with Gasteiger partial charge in [0.1, 0.15) is 0 Å². The molecule has 1 amide bonds. The first-order valence-corrected chi connectivity index (χ1v) is 10.4. The highest BCUT2D eigenvalue weighted by Crippen LogP contribution is 2.26. The largest absolute Gasteiger partial charge is 0.352 e. The summed E-state index contributed by atoms with van der Waals surface area (Å²) in [5.74, 6) is 0.0364. The predicted octanol–water partition coefficient (Wildman–Crippen LogP) is 2.07. The van der Waals surface area contributed by atoms with Crippen LogP contribution in [0.4, 0.5) is 0 Å². The normalized spacial score (nSPS) is 13.0. The number of benzene rings is 1. The van der Waals surface area contributed by atoms with Crippen LogP contribution in [0.25, 0.3) is 0 Å². The number of halogens is 2. The van der Waals surface area contributed by atoms with Crippen molar-refractivity contribution in [1.29, 1.82) is 0 Å². The van der Waals surface area contributed by atoms with Crippen molar-refractivity contribution in [3.05, 3.63) is 28.3 Å². The van der Waals surface area contributed by atoms with Crippen molar-refractivity contribution in [3.63, 3.8) is 0 Å². The number of amides is 1. The van der Waals surface area contributed by atoms with Gasteiger partial charge in [0, 0.05) is 50.6 Å². The van der Waals surface area contributed by atoms with Crippen LogP contribution in [0.3, 0.4) is 0 Å². The van der Waals surface area contributed by atoms with Gasteiger partial charge in [0.2, 0.25) is 0 Å². The van der Waals surface area contributed by atoms with E-state index in [-0.39, 0.29) is 15.5 Å². The molecule has 0 radical (unpaired) electrons. The van der Waals surface area contributed by atoms with Crippen molar-refractivity contribution < 1.29 is 17.4 Å². The molecule has 0 saturated heterocycles. The highest BCUT2D eigenvalue weighted by molar-refractivity contribution is 8.13. The lowest BCUT2D eigenvalue weighted by Gasteiger charge is -2.10. The molecule has 0 bridgehead atoms. The van der Waals surface area contributed by atoms with Crippen molar-refractivity contribution in [2.24, 2.45) is 0 Å². The fourth-order valence-electron chi connectivity index (χ4n) is 1.60. The average molecular weight is 372 g/mol. The van der Waals surface area contributed by atoms with Crippen LogP contribution in [0.1, 0.15) is 22.3 Å². The molecule has 0 heterocycles. The molecule has 0 aliphatic rings. The summed E-state index contributed by atoms with van der Waals surface area (Å²) in [5.41, 5.74) is 0.622. The maximum absolute atomic E-state index is 12.1. The lowest BCUT2D eigenvalue weighted by atomic mass is 10.1. The third-order valence-electron chi connectivity index (χ3n) is 2.74. The fraction of sp³-hybridized carbons (Fsp3) is 0.417. The number of hydrogen-bond acceptors (Lipinski definition) is 4. The van der Waals surface area contributed by atoms with Crippen molar-refractivity contribution in [2.45, 2.75) is 18.2 Å². The Kier molecular flexibility index (Phi) is 6.65. The highest BCUT2D eigenvalue weighted by atomic mass is 35.7. The van der Waals surface area contributed by atoms with Gasteiger partial charge in [0.15, 0.2) is 0 Å². The van der Waals surface area contributed by atoms with Crippen molar-refractivity contribution in [2.75, 3.05) is 18.6 Å². The molecule has 0 aromatic heterocycles. The van der Waals surface area contributed by atoms with Crippen molar-refractivity contribution in [1.82, 2.24) is 5.32 Å². The molecule has 0 fully saturated rings. The van der Waals surface area contributed by atoms with E-state index in [1.807, 2.05) is 0 Å². The van der Waals surface area contributed by atoms with Gasteiger partial charge >= 0.3 is 0 Å². The van der Waals surface area contributed by atoms with Gasteiger partial charge in [-0.3, -0.25) is 9.00 Å². The Morgan fingerprint density at radius 1 is 1.38 bits per heavy atom. The quantitative estimate of drug-likeness (QED) is 0.612. The SMILES string of the molecule is Cc1c(Cl)cc(S(=O)(=O)Cl)cc1C(=O)NCCCS(C)=O. The van der Waals surface area contributed by atoms with Crippen LogP contribution in [0.2, 0.25) is 5.02 Å². The molecule has 118 valence electrons. The minimum absolute atomic E-state index is 0.150. The molecule has 21 heavy (non-hydrogen) atoms. The van der Waals surface area contributed by atoms with Crippen molar-refractivity contribution >= 4 is 48.0 Å². The number of carbonyl (C=O) groups is 1. The summed E-state index contributed by atoms with van der Waals surface area (Å²) in [6.45, 7) is 1.95. The van der Waals surface area contributed by atoms with Gasteiger partial charge in [-0.05, 0) is 31.0 Å². The van der Waals surface area contributed by atoms with Crippen LogP contribution in [0, 0.1) is 6.92 Å². The second-order valence-corrected chi connectivity index (χ2v) is 8.93. The molecule has 1 atom stereocenters. The molecule has 1 N–H and O–H groups in total. The zero-order valence-corrected chi connectivity index (χ0v) is 14.6. The maximum atomic E-state index is 12.1. The van der Waals surface area contributed by atoms with E-state index in [1.54, 1.807) is 13.2 Å². The molecule has 0 spiro atoms. The van der Waals surface area contributed by atoms with E-state index in [0.717, 1.165) is 0 Å². The van der Waals surface area contributed by atoms with Gasteiger partial charge in [-0.2, -0.15) is 0 Å². The van der Waals surface area contributed by atoms with E-state index >= 15 is 0 Å². The summed E-state index contributed by atoms with van der Waals surface area (Å²) >= 11 is 5.93. The van der Waals surface area contributed by atoms with E-state index in [1.165, 1.54) is 12.1 Å². The number of carbonyl (C=O) groups excluding carboxylic acids is 1. The molecule has 0 aliphatic carbocycles. The monoisotopic (exact) mass is 371 g/mol. The Morgan fingerprint density at radius 2 is 2.00 bits per heavy atom. The van der Waals surface area contributed by atoms with Crippen LogP contribution in [0.15, 0.2) is 17.0 Å². The molecular formula is C12H15Cl2NO4S2. The number of rotatable bonds is 6. The van der Waals surface area contributed by atoms with E-state index in [2.05, 4.69) is 5.32 Å². The summed E-state index contributed by atoms with van der Waals surface area (Å²) in [4.78, 5) is 11.8. The van der Waals surface area contributed by atoms with Gasteiger partial charge in [-0.25, -0.2) is 8.42 Å². The molecule has 1 unspecified atom stereocenters. The Bertz CT molecular complexity index is 674. The Morgan fingerprint density at radius 3 is 2.52 bits per heavy atom. The minimum atomic E-state index is -3.97. The third kappa shape index (κ3) is 5.58. The van der Waals surface area contributed by atoms with E-state index in [4.69, 9.17) is 22.3 Å². The highest BCUT2D eigenvalue weighted by Gasteiger charge is 2.18. The van der Waals surface area contributed by atoms with E-state index in [9.17, 15) is 17.4 Å². The van der Waals surface area contributed by atoms with Crippen LogP contribution in [-0.2, 0) is 19.9 Å². The molecule has 0 saturated carbocycles. The summed E-state index contributed by atoms with van der Waals surface area (Å²) in [6.07, 6.45) is 2.15. The number of hydrogen-bond donors (Lipinski definition) is 1. The summed E-state index contributed by atoms with van der Waals surface area (Å²) in [7, 11) is 0.385. The van der Waals surface area contributed by atoms with Gasteiger partial charge in [0.25, 0.3) is 15.0 Å². The van der Waals surface area contributed by atoms with Gasteiger partial charge in [-0.1, -0.05) is 11.6 Å². The lowest BCUT2D eigenvalue weighted by molar-refractivity contribution is 0.0953. The van der Waals surface area contributed by atoms with Crippen LogP contribution < -0.4 is 5.32 Å². The van der Waals surface area contributed by atoms with Crippen LogP contribution in [-0.4, -0.2) is 37.1 Å². The first-order valence-electron chi connectivity index (χ1n) is 5.96. The number of nitrogens with one attached hydrogen (secondary N) is 1. The van der Waals surface area contributed by atoms with Crippen LogP contribution >= 0.6 is 22.3 Å². The zero-order chi connectivity index (χ0) is 16.2. The lowest BCUT2D eigenvalue weighted by Crippen LogP contribution is -2.26. The first-order chi connectivity index (χ1) is 9.62. The molecule has 1 rings (SSSR count). The fourth-order valence-corrected chi connectivity index (χ4v) is 3.22. The molecule has 1 aromatic rings. The van der Waals surface area contributed by atoms with Crippen LogP contribution in [0.5, 0.6) is 0 Å². The van der Waals surface area contributed by atoms with Gasteiger partial charge in [-0.15, -0.1) is 0 Å². The first kappa shape index (κ1) is 18.4. The molecular weight excluding hydrogens is 357 g/mol. The molecule has 5 nitrogen and oxygen atoms in total.